The van der Waals surface area contributed by atoms with Crippen LogP contribution in [-0.2, 0) is 56.0 Å². The van der Waals surface area contributed by atoms with Crippen molar-refractivity contribution in [1.29, 1.82) is 0 Å². The fraction of sp³-hybridized carbons (Fsp3) is 0.227. The third-order valence-electron chi connectivity index (χ3n) is 10.6. The van der Waals surface area contributed by atoms with E-state index >= 15 is 0 Å². The second-order valence-electron chi connectivity index (χ2n) is 15.6. The standard InChI is InChI=1S/C32H12BF24.C12H13N2/c34-25(35,36)13-1-14(26(37,38)39)6-21(5-13)33(22-7-15(27(40,41)42)2-16(8-22)28(43,44)45,23-9-17(29(46,47)48)3-18(10-23)30(49,50)51)24-11-19(31(52,53)54)4-20(12-24)32(55,56)57;1-11-3-2-4-12(9-11)10-14-7-5-13-6-8-14/h1-12H;2-9H,10H2,1H3/q-1;+1. The summed E-state index contributed by atoms with van der Waals surface area (Å²) in [4.78, 5) is 3.98. The van der Waals surface area contributed by atoms with Crippen LogP contribution in [0.15, 0.2) is 122 Å². The highest BCUT2D eigenvalue weighted by Gasteiger charge is 2.47. The highest BCUT2D eigenvalue weighted by atomic mass is 19.4. The molecule has 0 saturated heterocycles. The van der Waals surface area contributed by atoms with E-state index < -0.39 is 195 Å². The summed E-state index contributed by atoms with van der Waals surface area (Å²) in [5, 5.41) is 0. The van der Waals surface area contributed by atoms with Gasteiger partial charge in [0.05, 0.1) is 56.9 Å². The molecule has 382 valence electrons. The Labute approximate surface area is 383 Å². The molecule has 0 aliphatic carbocycles. The molecule has 1 heterocycles. The molecule has 0 aliphatic rings. The summed E-state index contributed by atoms with van der Waals surface area (Å²) in [6.07, 6.45) is -47.3. The maximum atomic E-state index is 14.2. The Morgan fingerprint density at radius 1 is 0.352 bits per heavy atom. The van der Waals surface area contributed by atoms with Crippen LogP contribution in [0.25, 0.3) is 0 Å². The van der Waals surface area contributed by atoms with Gasteiger partial charge in [0.2, 0.25) is 0 Å². The Balaban J connectivity index is 0.000000569. The fourth-order valence-electron chi connectivity index (χ4n) is 7.54. The van der Waals surface area contributed by atoms with Gasteiger partial charge >= 0.3 is 49.4 Å². The van der Waals surface area contributed by atoms with E-state index in [1.165, 1.54) is 11.1 Å². The Bertz CT molecular complexity index is 2410. The lowest BCUT2D eigenvalue weighted by atomic mass is 9.12. The average Bonchev–Trinajstić information content (AvgIpc) is 3.22. The molecule has 2 nitrogen and oxygen atoms in total. The predicted octanol–water partition coefficient (Wildman–Crippen LogP) is 12.9. The summed E-state index contributed by atoms with van der Waals surface area (Å²) in [6, 6.07) is -0.268. The number of alkyl halides is 24. The molecule has 0 fully saturated rings. The number of rotatable bonds is 6. The number of benzene rings is 5. The molecule has 71 heavy (non-hydrogen) atoms. The zero-order valence-corrected chi connectivity index (χ0v) is 34.8. The molecule has 0 atom stereocenters. The Morgan fingerprint density at radius 2 is 0.592 bits per heavy atom. The SMILES string of the molecule is Cc1cccc(C[n+]2ccncc2)c1.FC(F)(F)c1cc([B-](c2cc(C(F)(F)F)cc(C(F)(F)F)c2)(c2cc(C(F)(F)F)cc(C(F)(F)F)c2)c2cc(C(F)(F)F)cc(C(F)(F)F)c2)cc(C(F)(F)F)c1. The maximum absolute atomic E-state index is 14.2. The van der Waals surface area contributed by atoms with E-state index in [-0.39, 0.29) is 0 Å². The van der Waals surface area contributed by atoms with E-state index in [2.05, 4.69) is 40.7 Å². The number of aromatic nitrogens is 2. The van der Waals surface area contributed by atoms with Gasteiger partial charge < -0.3 is 0 Å². The minimum Gasteiger partial charge on any atom is -0.252 e. The summed E-state index contributed by atoms with van der Waals surface area (Å²) in [6.45, 7) is 3.02. The highest BCUT2D eigenvalue weighted by molar-refractivity contribution is 7.20. The van der Waals surface area contributed by atoms with Crippen LogP contribution >= 0.6 is 0 Å². The van der Waals surface area contributed by atoms with E-state index in [9.17, 15) is 105 Å². The van der Waals surface area contributed by atoms with E-state index in [1.54, 1.807) is 12.4 Å². The number of aryl methyl sites for hydroxylation is 1. The molecule has 5 aromatic carbocycles. The van der Waals surface area contributed by atoms with Crippen molar-refractivity contribution in [1.82, 2.24) is 4.98 Å². The molecule has 0 spiro atoms. The molecule has 0 amide bonds. The van der Waals surface area contributed by atoms with Gasteiger partial charge in [0.1, 0.15) is 6.15 Å². The van der Waals surface area contributed by atoms with Crippen molar-refractivity contribution in [2.75, 3.05) is 0 Å². The maximum Gasteiger partial charge on any atom is 0.416 e. The second kappa shape index (κ2) is 19.0. The third-order valence-corrected chi connectivity index (χ3v) is 10.6. The summed E-state index contributed by atoms with van der Waals surface area (Å²) in [5.41, 5.74) is -27.6. The van der Waals surface area contributed by atoms with Crippen LogP contribution in [0.2, 0.25) is 0 Å². The monoisotopic (exact) mass is 1050 g/mol. The van der Waals surface area contributed by atoms with Gasteiger partial charge in [0, 0.05) is 5.56 Å². The van der Waals surface area contributed by atoms with Crippen molar-refractivity contribution < 1.29 is 110 Å². The molecule has 0 aliphatic heterocycles. The van der Waals surface area contributed by atoms with Crippen molar-refractivity contribution >= 4 is 28.0 Å². The van der Waals surface area contributed by atoms with Crippen LogP contribution in [0.4, 0.5) is 105 Å². The quantitative estimate of drug-likeness (QED) is 0.0923. The first-order valence-electron chi connectivity index (χ1n) is 19.3. The predicted molar refractivity (Wildman–Crippen MR) is 205 cm³/mol. The molecular weight excluding hydrogens is 1020 g/mol. The summed E-state index contributed by atoms with van der Waals surface area (Å²) in [7, 11) is 0. The smallest absolute Gasteiger partial charge is 0.252 e. The summed E-state index contributed by atoms with van der Waals surface area (Å²) in [5.74, 6) is 0. The van der Waals surface area contributed by atoms with Crippen molar-refractivity contribution in [2.45, 2.75) is 62.9 Å². The lowest BCUT2D eigenvalue weighted by Crippen LogP contribution is -2.75. The highest BCUT2D eigenvalue weighted by Crippen LogP contribution is 2.41. The van der Waals surface area contributed by atoms with Gasteiger partial charge in [0.15, 0.2) is 18.9 Å². The van der Waals surface area contributed by atoms with E-state index in [4.69, 9.17) is 0 Å². The zero-order chi connectivity index (χ0) is 53.7. The molecular formula is C44H25BF24N2. The number of hydrogen-bond donors (Lipinski definition) is 0. The topological polar surface area (TPSA) is 16.8 Å². The third kappa shape index (κ3) is 13.1. The minimum atomic E-state index is -6.13. The van der Waals surface area contributed by atoms with Crippen LogP contribution in [-0.4, -0.2) is 11.1 Å². The molecule has 0 bridgehead atoms. The van der Waals surface area contributed by atoms with Crippen LogP contribution in [0, 0.1) is 6.92 Å². The Kier molecular flexibility index (Phi) is 14.8. The molecule has 0 radical (unpaired) electrons. The fourth-order valence-corrected chi connectivity index (χ4v) is 7.54. The average molecular weight is 1050 g/mol. The Hall–Kier alpha value is -6.44. The van der Waals surface area contributed by atoms with Gasteiger partial charge in [-0.05, 0) is 37.3 Å². The van der Waals surface area contributed by atoms with Gasteiger partial charge in [-0.3, -0.25) is 4.98 Å². The summed E-state index contributed by atoms with van der Waals surface area (Å²) < 4.78 is 343. The van der Waals surface area contributed by atoms with Gasteiger partial charge in [-0.15, -0.1) is 0 Å². The molecule has 27 heteroatoms. The van der Waals surface area contributed by atoms with Gasteiger partial charge in [-0.2, -0.15) is 132 Å². The zero-order valence-electron chi connectivity index (χ0n) is 34.8. The molecule has 0 N–H and O–H groups in total. The lowest BCUT2D eigenvalue weighted by molar-refractivity contribution is -0.688. The van der Waals surface area contributed by atoms with Crippen molar-refractivity contribution in [3.63, 3.8) is 0 Å². The second-order valence-corrected chi connectivity index (χ2v) is 15.6. The minimum absolute atomic E-state index is 0.691. The van der Waals surface area contributed by atoms with Crippen LogP contribution < -0.4 is 26.4 Å². The van der Waals surface area contributed by atoms with E-state index in [0.717, 1.165) is 6.54 Å². The van der Waals surface area contributed by atoms with Crippen LogP contribution in [0.5, 0.6) is 0 Å². The lowest BCUT2D eigenvalue weighted by Gasteiger charge is -2.46. The molecule has 6 aromatic rings. The van der Waals surface area contributed by atoms with Crippen molar-refractivity contribution in [2.24, 2.45) is 0 Å². The first-order valence-corrected chi connectivity index (χ1v) is 19.3. The molecule has 1 aromatic heterocycles. The van der Waals surface area contributed by atoms with Crippen molar-refractivity contribution in [3.05, 3.63) is 177 Å². The molecule has 6 rings (SSSR count). The van der Waals surface area contributed by atoms with E-state index in [1.807, 2.05) is 12.4 Å². The number of halogens is 24. The van der Waals surface area contributed by atoms with Crippen LogP contribution in [0.3, 0.4) is 0 Å². The van der Waals surface area contributed by atoms with E-state index in [0.29, 0.717) is 0 Å². The summed E-state index contributed by atoms with van der Waals surface area (Å²) >= 11 is 0. The number of nitrogens with zero attached hydrogens (tertiary/aromatic N) is 2. The van der Waals surface area contributed by atoms with Crippen LogP contribution in [0.1, 0.15) is 55.6 Å². The first kappa shape index (κ1) is 55.5. The van der Waals surface area contributed by atoms with Gasteiger partial charge in [-0.1, -0.05) is 72.3 Å². The van der Waals surface area contributed by atoms with Crippen molar-refractivity contribution in [3.8, 4) is 0 Å². The normalized spacial score (nSPS) is 13.5. The number of hydrogen-bond acceptors (Lipinski definition) is 1. The molecule has 0 saturated carbocycles. The Morgan fingerprint density at radius 3 is 0.803 bits per heavy atom. The molecule has 0 unspecified atom stereocenters. The van der Waals surface area contributed by atoms with Gasteiger partial charge in [0.25, 0.3) is 0 Å². The first-order chi connectivity index (χ1) is 32.1. The largest absolute Gasteiger partial charge is 0.416 e. The van der Waals surface area contributed by atoms with Gasteiger partial charge in [-0.25, -0.2) is 0 Å².